The average molecular weight is 226 g/mol. The van der Waals surface area contributed by atoms with Crippen LogP contribution in [0, 0.1) is 5.92 Å². The highest BCUT2D eigenvalue weighted by molar-refractivity contribution is 7.90. The standard InChI is InChI=1S/C12H18O2S/c1-4-10(2)9-11-5-7-12(8-6-11)15(3,13)14/h5-8,10H,4,9H2,1-3H3. The van der Waals surface area contributed by atoms with Crippen molar-refractivity contribution < 1.29 is 8.42 Å². The molecule has 0 saturated heterocycles. The van der Waals surface area contributed by atoms with Crippen molar-refractivity contribution >= 4 is 9.84 Å². The third-order valence-electron chi connectivity index (χ3n) is 2.63. The number of rotatable bonds is 4. The zero-order chi connectivity index (χ0) is 11.5. The Morgan fingerprint density at radius 2 is 1.73 bits per heavy atom. The van der Waals surface area contributed by atoms with Crippen molar-refractivity contribution in [2.45, 2.75) is 31.6 Å². The Kier molecular flexibility index (Phi) is 3.91. The second-order valence-corrected chi connectivity index (χ2v) is 6.15. The first-order valence-corrected chi connectivity index (χ1v) is 7.11. The fourth-order valence-electron chi connectivity index (χ4n) is 1.42. The molecule has 15 heavy (non-hydrogen) atoms. The van der Waals surface area contributed by atoms with E-state index in [4.69, 9.17) is 0 Å². The van der Waals surface area contributed by atoms with Crippen LogP contribution >= 0.6 is 0 Å². The third kappa shape index (κ3) is 3.67. The molecule has 1 rings (SSSR count). The SMILES string of the molecule is CCC(C)Cc1ccc(S(C)(=O)=O)cc1. The molecule has 0 amide bonds. The summed E-state index contributed by atoms with van der Waals surface area (Å²) in [5.74, 6) is 0.647. The molecule has 1 aromatic rings. The van der Waals surface area contributed by atoms with E-state index in [9.17, 15) is 8.42 Å². The predicted molar refractivity (Wildman–Crippen MR) is 62.7 cm³/mol. The van der Waals surface area contributed by atoms with Gasteiger partial charge in [-0.25, -0.2) is 8.42 Å². The second-order valence-electron chi connectivity index (χ2n) is 4.13. The van der Waals surface area contributed by atoms with Crippen molar-refractivity contribution in [3.63, 3.8) is 0 Å². The van der Waals surface area contributed by atoms with Gasteiger partial charge in [-0.2, -0.15) is 0 Å². The Labute approximate surface area is 92.2 Å². The number of hydrogen-bond acceptors (Lipinski definition) is 2. The van der Waals surface area contributed by atoms with Gasteiger partial charge in [-0.3, -0.25) is 0 Å². The quantitative estimate of drug-likeness (QED) is 0.791. The van der Waals surface area contributed by atoms with Gasteiger partial charge in [0.15, 0.2) is 9.84 Å². The summed E-state index contributed by atoms with van der Waals surface area (Å²) in [4.78, 5) is 0.399. The van der Waals surface area contributed by atoms with E-state index in [0.29, 0.717) is 10.8 Å². The molecule has 0 heterocycles. The van der Waals surface area contributed by atoms with Crippen LogP contribution in [0.15, 0.2) is 29.2 Å². The molecule has 0 aliphatic heterocycles. The maximum atomic E-state index is 11.2. The highest BCUT2D eigenvalue weighted by Gasteiger charge is 2.07. The summed E-state index contributed by atoms with van der Waals surface area (Å²) in [6.45, 7) is 4.36. The summed E-state index contributed by atoms with van der Waals surface area (Å²) in [6, 6.07) is 7.19. The van der Waals surface area contributed by atoms with Crippen molar-refractivity contribution in [3.05, 3.63) is 29.8 Å². The highest BCUT2D eigenvalue weighted by Crippen LogP contribution is 2.14. The van der Waals surface area contributed by atoms with Crippen molar-refractivity contribution in [1.29, 1.82) is 0 Å². The zero-order valence-corrected chi connectivity index (χ0v) is 10.3. The summed E-state index contributed by atoms with van der Waals surface area (Å²) in [5, 5.41) is 0. The maximum Gasteiger partial charge on any atom is 0.175 e. The summed E-state index contributed by atoms with van der Waals surface area (Å²) in [5.41, 5.74) is 1.21. The topological polar surface area (TPSA) is 34.1 Å². The van der Waals surface area contributed by atoms with Gasteiger partial charge in [-0.15, -0.1) is 0 Å². The molecular weight excluding hydrogens is 208 g/mol. The van der Waals surface area contributed by atoms with E-state index in [1.165, 1.54) is 11.8 Å². The van der Waals surface area contributed by atoms with Gasteiger partial charge in [-0.05, 0) is 30.0 Å². The summed E-state index contributed by atoms with van der Waals surface area (Å²) < 4.78 is 22.4. The number of hydrogen-bond donors (Lipinski definition) is 0. The molecule has 0 N–H and O–H groups in total. The zero-order valence-electron chi connectivity index (χ0n) is 9.53. The van der Waals surface area contributed by atoms with E-state index in [-0.39, 0.29) is 0 Å². The minimum absolute atomic E-state index is 0.399. The van der Waals surface area contributed by atoms with E-state index in [2.05, 4.69) is 13.8 Å². The van der Waals surface area contributed by atoms with Crippen molar-refractivity contribution in [2.75, 3.05) is 6.26 Å². The summed E-state index contributed by atoms with van der Waals surface area (Å²) >= 11 is 0. The van der Waals surface area contributed by atoms with E-state index in [1.807, 2.05) is 12.1 Å². The molecule has 0 aliphatic rings. The van der Waals surface area contributed by atoms with Gasteiger partial charge < -0.3 is 0 Å². The van der Waals surface area contributed by atoms with Crippen LogP contribution in [0.25, 0.3) is 0 Å². The average Bonchev–Trinajstić information content (AvgIpc) is 2.17. The Bertz CT molecular complexity index is 404. The fourth-order valence-corrected chi connectivity index (χ4v) is 2.05. The van der Waals surface area contributed by atoms with Gasteiger partial charge in [0.2, 0.25) is 0 Å². The first-order valence-electron chi connectivity index (χ1n) is 5.22. The minimum Gasteiger partial charge on any atom is -0.224 e. The van der Waals surface area contributed by atoms with Crippen LogP contribution in [0.1, 0.15) is 25.8 Å². The van der Waals surface area contributed by atoms with E-state index in [1.54, 1.807) is 12.1 Å². The third-order valence-corrected chi connectivity index (χ3v) is 3.76. The second kappa shape index (κ2) is 4.79. The van der Waals surface area contributed by atoms with Crippen molar-refractivity contribution in [3.8, 4) is 0 Å². The van der Waals surface area contributed by atoms with Crippen LogP contribution in [0.5, 0.6) is 0 Å². The van der Waals surface area contributed by atoms with Crippen molar-refractivity contribution in [2.24, 2.45) is 5.92 Å². The van der Waals surface area contributed by atoms with Crippen LogP contribution in [0.3, 0.4) is 0 Å². The molecule has 0 aromatic heterocycles. The Morgan fingerprint density at radius 1 is 1.20 bits per heavy atom. The molecule has 1 aromatic carbocycles. The molecule has 2 nitrogen and oxygen atoms in total. The lowest BCUT2D eigenvalue weighted by molar-refractivity contribution is 0.560. The van der Waals surface area contributed by atoms with Crippen LogP contribution < -0.4 is 0 Å². The molecule has 84 valence electrons. The largest absolute Gasteiger partial charge is 0.224 e. The molecule has 0 aliphatic carbocycles. The van der Waals surface area contributed by atoms with Crippen LogP contribution in [0.2, 0.25) is 0 Å². The monoisotopic (exact) mass is 226 g/mol. The first kappa shape index (κ1) is 12.2. The molecular formula is C12H18O2S. The summed E-state index contributed by atoms with van der Waals surface area (Å²) in [7, 11) is -3.05. The Hall–Kier alpha value is -0.830. The molecule has 0 spiro atoms. The van der Waals surface area contributed by atoms with Gasteiger partial charge in [0.05, 0.1) is 4.90 Å². The Balaban J connectivity index is 2.82. The smallest absolute Gasteiger partial charge is 0.175 e. The lowest BCUT2D eigenvalue weighted by Crippen LogP contribution is -2.00. The van der Waals surface area contributed by atoms with Gasteiger partial charge in [-0.1, -0.05) is 32.4 Å². The highest BCUT2D eigenvalue weighted by atomic mass is 32.2. The first-order chi connectivity index (χ1) is 6.93. The molecule has 0 fully saturated rings. The van der Waals surface area contributed by atoms with E-state index in [0.717, 1.165) is 12.8 Å². The number of sulfone groups is 1. The van der Waals surface area contributed by atoms with E-state index < -0.39 is 9.84 Å². The van der Waals surface area contributed by atoms with Crippen LogP contribution in [0.4, 0.5) is 0 Å². The maximum absolute atomic E-state index is 11.2. The Morgan fingerprint density at radius 3 is 2.13 bits per heavy atom. The normalized spacial score (nSPS) is 13.8. The van der Waals surface area contributed by atoms with Gasteiger partial charge in [0.25, 0.3) is 0 Å². The van der Waals surface area contributed by atoms with Crippen LogP contribution in [-0.4, -0.2) is 14.7 Å². The summed E-state index contributed by atoms with van der Waals surface area (Å²) in [6.07, 6.45) is 3.39. The molecule has 0 saturated carbocycles. The van der Waals surface area contributed by atoms with Gasteiger partial charge in [0, 0.05) is 6.26 Å². The predicted octanol–water partition coefficient (Wildman–Crippen LogP) is 2.68. The molecule has 3 heteroatoms. The van der Waals surface area contributed by atoms with Gasteiger partial charge in [0.1, 0.15) is 0 Å². The molecule has 1 unspecified atom stereocenters. The molecule has 1 atom stereocenters. The lowest BCUT2D eigenvalue weighted by Gasteiger charge is -2.08. The van der Waals surface area contributed by atoms with E-state index >= 15 is 0 Å². The minimum atomic E-state index is -3.05. The van der Waals surface area contributed by atoms with Gasteiger partial charge >= 0.3 is 0 Å². The fraction of sp³-hybridized carbons (Fsp3) is 0.500. The van der Waals surface area contributed by atoms with Crippen LogP contribution in [-0.2, 0) is 16.3 Å². The van der Waals surface area contributed by atoms with Crippen molar-refractivity contribution in [1.82, 2.24) is 0 Å². The molecule has 0 radical (unpaired) electrons. The molecule has 0 bridgehead atoms. The lowest BCUT2D eigenvalue weighted by atomic mass is 9.99. The number of benzene rings is 1.